The van der Waals surface area contributed by atoms with Crippen LogP contribution in [0.5, 0.6) is 0 Å². The molecule has 3 heterocycles. The minimum atomic E-state index is -1.45. The number of nitrogens with zero attached hydrogens (tertiary/aromatic N) is 2. The third kappa shape index (κ3) is 6.91. The number of nitrogens with one attached hydrogen (secondary N) is 3. The Kier molecular flexibility index (Phi) is 9.23. The molecule has 1 saturated carbocycles. The van der Waals surface area contributed by atoms with Gasteiger partial charge in [-0.25, -0.2) is 14.6 Å². The smallest absolute Gasteiger partial charge is 0.331 e. The van der Waals surface area contributed by atoms with Crippen LogP contribution in [0.3, 0.4) is 0 Å². The number of hydrogen-bond acceptors (Lipinski definition) is 7. The molecule has 1 aliphatic carbocycles. The van der Waals surface area contributed by atoms with E-state index in [2.05, 4.69) is 28.1 Å². The number of pyridine rings is 1. The molecule has 10 nitrogen and oxygen atoms in total. The molecule has 204 valence electrons. The van der Waals surface area contributed by atoms with E-state index < -0.39 is 17.6 Å². The van der Waals surface area contributed by atoms with Crippen LogP contribution in [0.1, 0.15) is 69.5 Å². The summed E-state index contributed by atoms with van der Waals surface area (Å²) in [5, 5.41) is 20.4. The molecule has 1 saturated heterocycles. The summed E-state index contributed by atoms with van der Waals surface area (Å²) in [5.74, 6) is 0.0295. The molecule has 4 rings (SSSR count). The molecule has 2 aliphatic heterocycles. The largest absolute Gasteiger partial charge is 0.464 e. The van der Waals surface area contributed by atoms with Gasteiger partial charge in [-0.05, 0) is 69.9 Å². The molecule has 4 N–H and O–H groups in total. The molecule has 0 radical (unpaired) electrons. The Bertz CT molecular complexity index is 957. The molecule has 37 heavy (non-hydrogen) atoms. The van der Waals surface area contributed by atoms with Gasteiger partial charge in [-0.2, -0.15) is 0 Å². The number of aryl methyl sites for hydroxylation is 2. The summed E-state index contributed by atoms with van der Waals surface area (Å²) in [7, 11) is 0. The van der Waals surface area contributed by atoms with Crippen molar-refractivity contribution in [2.75, 3.05) is 38.1 Å². The molecule has 1 atom stereocenters. The van der Waals surface area contributed by atoms with Gasteiger partial charge in [0.15, 0.2) is 6.04 Å². The van der Waals surface area contributed by atoms with Crippen molar-refractivity contribution in [2.24, 2.45) is 5.92 Å². The second-order valence-electron chi connectivity index (χ2n) is 10.4. The number of anilines is 1. The van der Waals surface area contributed by atoms with Gasteiger partial charge in [0.2, 0.25) is 5.91 Å². The SMILES string of the molecule is CCOC(=O)C(NC(=O)C1CCCC1)C1(O)CCN(C(=O)NCCCc2ccc3c(n2)NCCC3)CC1. The highest BCUT2D eigenvalue weighted by Gasteiger charge is 2.46. The quantitative estimate of drug-likeness (QED) is 0.293. The van der Waals surface area contributed by atoms with E-state index >= 15 is 0 Å². The normalized spacial score (nSPS) is 19.9. The lowest BCUT2D eigenvalue weighted by molar-refractivity contribution is -0.158. The highest BCUT2D eigenvalue weighted by molar-refractivity contribution is 5.87. The van der Waals surface area contributed by atoms with Gasteiger partial charge in [-0.15, -0.1) is 0 Å². The Morgan fingerprint density at radius 3 is 2.70 bits per heavy atom. The van der Waals surface area contributed by atoms with Gasteiger partial charge >= 0.3 is 12.0 Å². The third-order valence-corrected chi connectivity index (χ3v) is 7.83. The number of fused-ring (bicyclic) bond motifs is 1. The predicted molar refractivity (Wildman–Crippen MR) is 139 cm³/mol. The number of carbonyl (C=O) groups excluding carboxylic acids is 3. The highest BCUT2D eigenvalue weighted by Crippen LogP contribution is 2.29. The molecule has 0 spiro atoms. The number of carbonyl (C=O) groups is 3. The first kappa shape index (κ1) is 27.2. The minimum absolute atomic E-state index is 0.126. The van der Waals surface area contributed by atoms with Gasteiger partial charge < -0.3 is 30.7 Å². The number of aromatic nitrogens is 1. The number of amides is 3. The first-order valence-corrected chi connectivity index (χ1v) is 13.8. The topological polar surface area (TPSA) is 133 Å². The van der Waals surface area contributed by atoms with Crippen LogP contribution < -0.4 is 16.0 Å². The Labute approximate surface area is 218 Å². The molecule has 1 aromatic rings. The van der Waals surface area contributed by atoms with Crippen LogP contribution in [-0.4, -0.2) is 77.3 Å². The molecule has 0 aromatic carbocycles. The van der Waals surface area contributed by atoms with Crippen molar-refractivity contribution in [3.63, 3.8) is 0 Å². The van der Waals surface area contributed by atoms with Crippen LogP contribution in [0.2, 0.25) is 0 Å². The van der Waals surface area contributed by atoms with Gasteiger partial charge in [0.1, 0.15) is 5.82 Å². The second-order valence-corrected chi connectivity index (χ2v) is 10.4. The van der Waals surface area contributed by atoms with Gasteiger partial charge in [0, 0.05) is 37.8 Å². The van der Waals surface area contributed by atoms with Gasteiger partial charge in [-0.1, -0.05) is 18.9 Å². The van der Waals surface area contributed by atoms with Crippen LogP contribution in [0.25, 0.3) is 0 Å². The van der Waals surface area contributed by atoms with E-state index in [4.69, 9.17) is 9.72 Å². The zero-order valence-electron chi connectivity index (χ0n) is 21.9. The van der Waals surface area contributed by atoms with Crippen LogP contribution in [0.15, 0.2) is 12.1 Å². The van der Waals surface area contributed by atoms with E-state index in [1.165, 1.54) is 5.56 Å². The van der Waals surface area contributed by atoms with E-state index in [1.807, 2.05) is 0 Å². The van der Waals surface area contributed by atoms with Crippen molar-refractivity contribution >= 4 is 23.7 Å². The third-order valence-electron chi connectivity index (χ3n) is 7.83. The number of esters is 1. The molecule has 10 heteroatoms. The van der Waals surface area contributed by atoms with Crippen molar-refractivity contribution in [1.29, 1.82) is 0 Å². The predicted octanol–water partition coefficient (Wildman–Crippen LogP) is 2.15. The lowest BCUT2D eigenvalue weighted by Crippen LogP contribution is -2.62. The fraction of sp³-hybridized carbons (Fsp3) is 0.704. The maximum Gasteiger partial charge on any atom is 0.331 e. The van der Waals surface area contributed by atoms with Gasteiger partial charge in [0.25, 0.3) is 0 Å². The van der Waals surface area contributed by atoms with Crippen molar-refractivity contribution in [2.45, 2.75) is 82.8 Å². The summed E-state index contributed by atoms with van der Waals surface area (Å²) in [5.41, 5.74) is 0.815. The molecule has 1 aromatic heterocycles. The summed E-state index contributed by atoms with van der Waals surface area (Å²) in [6.45, 7) is 3.91. The highest BCUT2D eigenvalue weighted by atomic mass is 16.5. The van der Waals surface area contributed by atoms with E-state index in [-0.39, 0.29) is 50.4 Å². The second kappa shape index (κ2) is 12.6. The van der Waals surface area contributed by atoms with Crippen molar-refractivity contribution in [1.82, 2.24) is 20.5 Å². The molecular formula is C27H41N5O5. The molecule has 0 bridgehead atoms. The van der Waals surface area contributed by atoms with Crippen LogP contribution >= 0.6 is 0 Å². The zero-order valence-corrected chi connectivity index (χ0v) is 21.9. The van der Waals surface area contributed by atoms with Crippen molar-refractivity contribution in [3.8, 4) is 0 Å². The minimum Gasteiger partial charge on any atom is -0.464 e. The summed E-state index contributed by atoms with van der Waals surface area (Å²) < 4.78 is 5.18. The fourth-order valence-corrected chi connectivity index (χ4v) is 5.56. The molecular weight excluding hydrogens is 474 g/mol. The molecule has 1 unspecified atom stereocenters. The number of piperidine rings is 1. The number of aliphatic hydroxyl groups is 1. The Morgan fingerprint density at radius 2 is 1.97 bits per heavy atom. The number of rotatable bonds is 9. The maximum atomic E-state index is 12.7. The molecule has 3 amide bonds. The van der Waals surface area contributed by atoms with Gasteiger partial charge in [0.05, 0.1) is 12.2 Å². The fourth-order valence-electron chi connectivity index (χ4n) is 5.56. The summed E-state index contributed by atoms with van der Waals surface area (Å²) >= 11 is 0. The lowest BCUT2D eigenvalue weighted by atomic mass is 9.83. The first-order chi connectivity index (χ1) is 17.9. The average Bonchev–Trinajstić information content (AvgIpc) is 3.45. The number of urea groups is 1. The number of likely N-dealkylation sites (tertiary alicyclic amines) is 1. The van der Waals surface area contributed by atoms with Crippen LogP contribution in [0, 0.1) is 5.92 Å². The van der Waals surface area contributed by atoms with Crippen LogP contribution in [0.4, 0.5) is 10.6 Å². The number of hydrogen-bond donors (Lipinski definition) is 4. The van der Waals surface area contributed by atoms with Crippen molar-refractivity contribution < 1.29 is 24.2 Å². The monoisotopic (exact) mass is 515 g/mol. The van der Waals surface area contributed by atoms with E-state index in [0.29, 0.717) is 6.54 Å². The maximum absolute atomic E-state index is 12.7. The lowest BCUT2D eigenvalue weighted by Gasteiger charge is -2.42. The first-order valence-electron chi connectivity index (χ1n) is 13.8. The summed E-state index contributed by atoms with van der Waals surface area (Å²) in [6.07, 6.45) is 7.69. The zero-order chi connectivity index (χ0) is 26.3. The van der Waals surface area contributed by atoms with Crippen LogP contribution in [-0.2, 0) is 27.2 Å². The van der Waals surface area contributed by atoms with Crippen molar-refractivity contribution in [3.05, 3.63) is 23.4 Å². The van der Waals surface area contributed by atoms with E-state index in [9.17, 15) is 19.5 Å². The van der Waals surface area contributed by atoms with E-state index in [0.717, 1.165) is 69.4 Å². The Balaban J connectivity index is 1.24. The summed E-state index contributed by atoms with van der Waals surface area (Å²) in [4.78, 5) is 44.5. The standard InChI is InChI=1S/C27H41N5O5/c1-2-37-25(34)22(31-24(33)20-7-3-4-8-20)27(36)13-17-32(18-14-27)26(35)29-16-6-10-21-12-11-19-9-5-15-28-23(19)30-21/h11-12,20,22,36H,2-10,13-18H2,1H3,(H,28,30)(H,29,35)(H,31,33). The Morgan fingerprint density at radius 1 is 1.22 bits per heavy atom. The van der Waals surface area contributed by atoms with E-state index in [1.54, 1.807) is 11.8 Å². The average molecular weight is 516 g/mol. The van der Waals surface area contributed by atoms with Gasteiger partial charge in [-0.3, -0.25) is 4.79 Å². The summed E-state index contributed by atoms with van der Waals surface area (Å²) in [6, 6.07) is 2.87. The Hall–Kier alpha value is -2.88. The number of ether oxygens (including phenoxy) is 1. The molecule has 2 fully saturated rings. The molecule has 3 aliphatic rings.